The Morgan fingerprint density at radius 2 is 1.83 bits per heavy atom. The third-order valence-corrected chi connectivity index (χ3v) is 5.21. The van der Waals surface area contributed by atoms with Crippen LogP contribution in [-0.2, 0) is 6.54 Å². The average Bonchev–Trinajstić information content (AvgIpc) is 3.38. The highest BCUT2D eigenvalue weighted by Crippen LogP contribution is 2.43. The lowest BCUT2D eigenvalue weighted by atomic mass is 10.1. The Bertz CT molecular complexity index is 789. The SMILES string of the molecule is COc1ccc(-c2noc(CN(C)C[C@@H](C)CN3CCCC3)n2)c(OC)c1OC. The van der Waals surface area contributed by atoms with E-state index in [0.717, 1.165) is 13.1 Å². The molecule has 2 aromatic rings. The van der Waals surface area contributed by atoms with E-state index in [-0.39, 0.29) is 0 Å². The van der Waals surface area contributed by atoms with Gasteiger partial charge in [-0.05, 0) is 51.0 Å². The molecule has 0 saturated carbocycles. The summed E-state index contributed by atoms with van der Waals surface area (Å²) in [6, 6.07) is 3.65. The molecule has 1 saturated heterocycles. The van der Waals surface area contributed by atoms with E-state index >= 15 is 0 Å². The minimum atomic E-state index is 0.469. The smallest absolute Gasteiger partial charge is 0.241 e. The van der Waals surface area contributed by atoms with Gasteiger partial charge >= 0.3 is 0 Å². The standard InChI is InChI=1S/C21H32N4O4/c1-15(13-25-10-6-7-11-25)12-24(2)14-18-22-21(23-29-18)16-8-9-17(26-3)20(28-5)19(16)27-4/h8-9,15H,6-7,10-14H2,1-5H3/t15-/m1/s1. The number of rotatable bonds is 10. The molecule has 0 radical (unpaired) electrons. The topological polar surface area (TPSA) is 73.1 Å². The van der Waals surface area contributed by atoms with Crippen molar-refractivity contribution in [1.82, 2.24) is 19.9 Å². The van der Waals surface area contributed by atoms with E-state index < -0.39 is 0 Å². The first-order chi connectivity index (χ1) is 14.0. The maximum Gasteiger partial charge on any atom is 0.241 e. The van der Waals surface area contributed by atoms with Gasteiger partial charge in [-0.3, -0.25) is 4.90 Å². The van der Waals surface area contributed by atoms with Gasteiger partial charge in [-0.1, -0.05) is 12.1 Å². The monoisotopic (exact) mass is 404 g/mol. The number of methoxy groups -OCH3 is 3. The Hall–Kier alpha value is -2.32. The second-order valence-corrected chi connectivity index (χ2v) is 7.70. The summed E-state index contributed by atoms with van der Waals surface area (Å²) in [5, 5.41) is 4.14. The summed E-state index contributed by atoms with van der Waals surface area (Å²) in [5.74, 6) is 3.25. The van der Waals surface area contributed by atoms with Crippen molar-refractivity contribution in [3.8, 4) is 28.6 Å². The molecule has 8 heteroatoms. The van der Waals surface area contributed by atoms with Crippen LogP contribution in [0.25, 0.3) is 11.4 Å². The summed E-state index contributed by atoms with van der Waals surface area (Å²) >= 11 is 0. The van der Waals surface area contributed by atoms with Crippen LogP contribution in [0.4, 0.5) is 0 Å². The Morgan fingerprint density at radius 1 is 1.10 bits per heavy atom. The predicted molar refractivity (Wildman–Crippen MR) is 111 cm³/mol. The first-order valence-electron chi connectivity index (χ1n) is 10.1. The zero-order valence-corrected chi connectivity index (χ0v) is 18.1. The van der Waals surface area contributed by atoms with Crippen LogP contribution in [0, 0.1) is 5.92 Å². The second kappa shape index (κ2) is 9.93. The molecule has 1 aromatic carbocycles. The van der Waals surface area contributed by atoms with Crippen LogP contribution in [-0.4, -0.2) is 74.5 Å². The molecule has 0 aliphatic carbocycles. The van der Waals surface area contributed by atoms with Gasteiger partial charge in [0.05, 0.1) is 33.4 Å². The van der Waals surface area contributed by atoms with Gasteiger partial charge in [-0.15, -0.1) is 0 Å². The summed E-state index contributed by atoms with van der Waals surface area (Å²) in [6.07, 6.45) is 2.65. The van der Waals surface area contributed by atoms with Crippen LogP contribution in [0.15, 0.2) is 16.7 Å². The van der Waals surface area contributed by atoms with E-state index in [4.69, 9.17) is 18.7 Å². The zero-order valence-electron chi connectivity index (χ0n) is 18.1. The number of nitrogens with zero attached hydrogens (tertiary/aromatic N) is 4. The minimum absolute atomic E-state index is 0.469. The third-order valence-electron chi connectivity index (χ3n) is 5.21. The van der Waals surface area contributed by atoms with Gasteiger partial charge < -0.3 is 23.6 Å². The molecule has 0 spiro atoms. The summed E-state index contributed by atoms with van der Waals surface area (Å²) < 4.78 is 21.8. The third kappa shape index (κ3) is 5.19. The Balaban J connectivity index is 1.66. The van der Waals surface area contributed by atoms with E-state index in [1.165, 1.54) is 25.9 Å². The van der Waals surface area contributed by atoms with E-state index in [9.17, 15) is 0 Å². The van der Waals surface area contributed by atoms with Crippen molar-refractivity contribution in [2.24, 2.45) is 5.92 Å². The molecule has 29 heavy (non-hydrogen) atoms. The van der Waals surface area contributed by atoms with Crippen molar-refractivity contribution >= 4 is 0 Å². The molecule has 0 unspecified atom stereocenters. The fraction of sp³-hybridized carbons (Fsp3) is 0.619. The fourth-order valence-corrected chi connectivity index (χ4v) is 4.00. The van der Waals surface area contributed by atoms with Crippen molar-refractivity contribution in [3.63, 3.8) is 0 Å². The molecule has 0 amide bonds. The number of likely N-dealkylation sites (tertiary alicyclic amines) is 1. The number of aromatic nitrogens is 2. The molecule has 1 fully saturated rings. The largest absolute Gasteiger partial charge is 0.493 e. The molecule has 0 bridgehead atoms. The van der Waals surface area contributed by atoms with Crippen molar-refractivity contribution in [2.45, 2.75) is 26.3 Å². The Labute approximate surface area is 172 Å². The maximum atomic E-state index is 5.53. The van der Waals surface area contributed by atoms with E-state index in [1.54, 1.807) is 27.4 Å². The van der Waals surface area contributed by atoms with Gasteiger partial charge in [0.1, 0.15) is 0 Å². The molecule has 1 aliphatic rings. The molecule has 1 aromatic heterocycles. The van der Waals surface area contributed by atoms with Crippen LogP contribution < -0.4 is 14.2 Å². The van der Waals surface area contributed by atoms with E-state index in [0.29, 0.717) is 47.0 Å². The van der Waals surface area contributed by atoms with E-state index in [1.807, 2.05) is 6.07 Å². The Kier molecular flexibility index (Phi) is 7.33. The highest BCUT2D eigenvalue weighted by Gasteiger charge is 2.21. The van der Waals surface area contributed by atoms with Crippen molar-refractivity contribution in [2.75, 3.05) is 54.6 Å². The minimum Gasteiger partial charge on any atom is -0.493 e. The van der Waals surface area contributed by atoms with Crippen LogP contribution in [0.2, 0.25) is 0 Å². The number of benzene rings is 1. The highest BCUT2D eigenvalue weighted by molar-refractivity contribution is 5.71. The predicted octanol–water partition coefficient (Wildman–Crippen LogP) is 2.93. The lowest BCUT2D eigenvalue weighted by molar-refractivity contribution is 0.204. The number of ether oxygens (including phenoxy) is 3. The van der Waals surface area contributed by atoms with Crippen LogP contribution >= 0.6 is 0 Å². The quantitative estimate of drug-likeness (QED) is 0.599. The normalized spacial score (nSPS) is 15.7. The summed E-state index contributed by atoms with van der Waals surface area (Å²) in [4.78, 5) is 9.34. The van der Waals surface area contributed by atoms with Crippen LogP contribution in [0.3, 0.4) is 0 Å². The fourth-order valence-electron chi connectivity index (χ4n) is 4.00. The van der Waals surface area contributed by atoms with Gasteiger partial charge in [-0.2, -0.15) is 4.98 Å². The van der Waals surface area contributed by atoms with Gasteiger partial charge in [0.25, 0.3) is 0 Å². The highest BCUT2D eigenvalue weighted by atomic mass is 16.5. The van der Waals surface area contributed by atoms with Gasteiger partial charge in [0.15, 0.2) is 11.5 Å². The van der Waals surface area contributed by atoms with Gasteiger partial charge in [0, 0.05) is 13.1 Å². The van der Waals surface area contributed by atoms with Crippen LogP contribution in [0.1, 0.15) is 25.7 Å². The van der Waals surface area contributed by atoms with Crippen molar-refractivity contribution in [1.29, 1.82) is 0 Å². The summed E-state index contributed by atoms with van der Waals surface area (Å²) in [6.45, 7) is 7.48. The summed E-state index contributed by atoms with van der Waals surface area (Å²) in [5.41, 5.74) is 0.699. The molecule has 1 aliphatic heterocycles. The number of hydrogen-bond donors (Lipinski definition) is 0. The zero-order chi connectivity index (χ0) is 20.8. The molecular weight excluding hydrogens is 372 g/mol. The van der Waals surface area contributed by atoms with Gasteiger partial charge in [-0.25, -0.2) is 0 Å². The average molecular weight is 405 g/mol. The Morgan fingerprint density at radius 3 is 2.48 bits per heavy atom. The number of hydrogen-bond acceptors (Lipinski definition) is 8. The molecule has 1 atom stereocenters. The molecule has 8 nitrogen and oxygen atoms in total. The first-order valence-corrected chi connectivity index (χ1v) is 10.1. The lowest BCUT2D eigenvalue weighted by Gasteiger charge is -2.24. The van der Waals surface area contributed by atoms with Gasteiger partial charge in [0.2, 0.25) is 17.5 Å². The summed E-state index contributed by atoms with van der Waals surface area (Å²) in [7, 11) is 6.83. The molecule has 2 heterocycles. The first kappa shape index (κ1) is 21.4. The van der Waals surface area contributed by atoms with Crippen LogP contribution in [0.5, 0.6) is 17.2 Å². The second-order valence-electron chi connectivity index (χ2n) is 7.70. The lowest BCUT2D eigenvalue weighted by Crippen LogP contribution is -2.32. The van der Waals surface area contributed by atoms with Crippen molar-refractivity contribution in [3.05, 3.63) is 18.0 Å². The maximum absolute atomic E-state index is 5.53. The molecule has 160 valence electrons. The molecular formula is C21H32N4O4. The van der Waals surface area contributed by atoms with Crippen molar-refractivity contribution < 1.29 is 18.7 Å². The molecule has 0 N–H and O–H groups in total. The van der Waals surface area contributed by atoms with E-state index in [2.05, 4.69) is 33.9 Å². The molecule has 3 rings (SSSR count).